The first kappa shape index (κ1) is 15.4. The van der Waals surface area contributed by atoms with Crippen molar-refractivity contribution < 1.29 is 14.7 Å². The topological polar surface area (TPSA) is 92.4 Å². The van der Waals surface area contributed by atoms with Crippen LogP contribution in [0.15, 0.2) is 66.4 Å². The van der Waals surface area contributed by atoms with Gasteiger partial charge in [0.15, 0.2) is 17.3 Å². The van der Waals surface area contributed by atoms with Crippen molar-refractivity contribution in [2.75, 3.05) is 5.32 Å². The number of anilines is 1. The maximum absolute atomic E-state index is 12.9. The summed E-state index contributed by atoms with van der Waals surface area (Å²) in [5, 5.41) is 13.7. The van der Waals surface area contributed by atoms with Gasteiger partial charge in [0.25, 0.3) is 0 Å². The Morgan fingerprint density at radius 2 is 1.64 bits per heavy atom. The maximum atomic E-state index is 12.9. The van der Waals surface area contributed by atoms with Crippen LogP contribution in [0, 0.1) is 0 Å². The molecule has 0 aliphatic heterocycles. The molecule has 0 fully saturated rings. The van der Waals surface area contributed by atoms with Gasteiger partial charge in [0.05, 0.1) is 5.56 Å². The fraction of sp³-hybridized carbons (Fsp3) is 0.100. The summed E-state index contributed by atoms with van der Waals surface area (Å²) >= 11 is 0. The number of allylic oxidation sites excluding steroid dienone is 1. The average molecular weight is 332 g/mol. The van der Waals surface area contributed by atoms with Crippen LogP contribution in [-0.2, 0) is 0 Å². The number of aliphatic hydroxyl groups is 1. The predicted octanol–water partition coefficient (Wildman–Crippen LogP) is 2.37. The summed E-state index contributed by atoms with van der Waals surface area (Å²) in [4.78, 5) is 25.7. The van der Waals surface area contributed by atoms with Gasteiger partial charge in [0.2, 0.25) is 0 Å². The van der Waals surface area contributed by atoms with Gasteiger partial charge in [-0.05, 0) is 18.2 Å². The van der Waals surface area contributed by atoms with Crippen LogP contribution in [0.3, 0.4) is 0 Å². The Morgan fingerprint density at radius 1 is 0.960 bits per heavy atom. The lowest BCUT2D eigenvalue weighted by Crippen LogP contribution is -2.38. The second kappa shape index (κ2) is 5.43. The van der Waals surface area contributed by atoms with Crippen molar-refractivity contribution in [1.82, 2.24) is 0 Å². The molecule has 124 valence electrons. The minimum atomic E-state index is -1.36. The minimum Gasteiger partial charge on any atom is -0.399 e. The summed E-state index contributed by atoms with van der Waals surface area (Å²) in [6.45, 7) is 0. The summed E-state index contributed by atoms with van der Waals surface area (Å²) in [6, 6.07) is 11.8. The van der Waals surface area contributed by atoms with Gasteiger partial charge < -0.3 is 16.2 Å². The van der Waals surface area contributed by atoms with Crippen LogP contribution in [0.2, 0.25) is 0 Å². The number of carbonyl (C=O) groups excluding carboxylic acids is 2. The summed E-state index contributed by atoms with van der Waals surface area (Å²) in [7, 11) is 0. The van der Waals surface area contributed by atoms with E-state index in [4.69, 9.17) is 5.73 Å². The van der Waals surface area contributed by atoms with Crippen molar-refractivity contribution in [1.29, 1.82) is 0 Å². The number of fused-ring (bicyclic) bond motifs is 2. The molecular weight excluding hydrogens is 316 g/mol. The third kappa shape index (κ3) is 2.45. The number of benzene rings is 2. The zero-order chi connectivity index (χ0) is 17.6. The molecule has 0 amide bonds. The highest BCUT2D eigenvalue weighted by molar-refractivity contribution is 6.30. The lowest BCUT2D eigenvalue weighted by atomic mass is 9.83. The Kier molecular flexibility index (Phi) is 3.33. The third-order valence-electron chi connectivity index (χ3n) is 4.50. The highest BCUT2D eigenvalue weighted by Gasteiger charge is 2.33. The molecule has 4 N–H and O–H groups in total. The smallest absolute Gasteiger partial charge is 0.196 e. The van der Waals surface area contributed by atoms with E-state index in [1.54, 1.807) is 60.7 Å². The molecule has 0 spiro atoms. The van der Waals surface area contributed by atoms with Gasteiger partial charge in [-0.3, -0.25) is 9.59 Å². The molecule has 1 unspecified atom stereocenters. The quantitative estimate of drug-likeness (QED) is 0.627. The summed E-state index contributed by atoms with van der Waals surface area (Å²) in [5.41, 5.74) is 6.73. The van der Waals surface area contributed by atoms with E-state index >= 15 is 0 Å². The van der Waals surface area contributed by atoms with Crippen molar-refractivity contribution in [3.63, 3.8) is 0 Å². The van der Waals surface area contributed by atoms with Crippen LogP contribution < -0.4 is 11.1 Å². The van der Waals surface area contributed by atoms with Crippen molar-refractivity contribution in [2.45, 2.75) is 12.1 Å². The van der Waals surface area contributed by atoms with Crippen LogP contribution in [0.4, 0.5) is 5.69 Å². The highest BCUT2D eigenvalue weighted by atomic mass is 16.3. The van der Waals surface area contributed by atoms with Gasteiger partial charge >= 0.3 is 0 Å². The second-order valence-electron chi connectivity index (χ2n) is 6.22. The molecule has 2 aliphatic carbocycles. The first-order valence-corrected chi connectivity index (χ1v) is 7.95. The average Bonchev–Trinajstić information content (AvgIpc) is 2.62. The van der Waals surface area contributed by atoms with E-state index in [0.29, 0.717) is 28.1 Å². The van der Waals surface area contributed by atoms with Crippen LogP contribution in [0.1, 0.15) is 38.3 Å². The molecule has 5 nitrogen and oxygen atoms in total. The molecule has 25 heavy (non-hydrogen) atoms. The lowest BCUT2D eigenvalue weighted by molar-refractivity contribution is 0.0978. The number of hydrogen-bond donors (Lipinski definition) is 3. The molecule has 1 atom stereocenters. The van der Waals surface area contributed by atoms with E-state index in [0.717, 1.165) is 0 Å². The van der Waals surface area contributed by atoms with E-state index in [1.807, 2.05) is 0 Å². The first-order chi connectivity index (χ1) is 12.0. The Hall–Kier alpha value is -3.18. The van der Waals surface area contributed by atoms with Gasteiger partial charge in [-0.15, -0.1) is 0 Å². The molecule has 0 bridgehead atoms. The summed E-state index contributed by atoms with van der Waals surface area (Å²) in [6.07, 6.45) is 5.11. The van der Waals surface area contributed by atoms with Crippen molar-refractivity contribution >= 4 is 17.3 Å². The van der Waals surface area contributed by atoms with E-state index in [-0.39, 0.29) is 23.6 Å². The predicted molar refractivity (Wildman–Crippen MR) is 94.3 cm³/mol. The normalized spacial score (nSPS) is 21.4. The molecule has 4 rings (SSSR count). The van der Waals surface area contributed by atoms with Crippen LogP contribution in [0.25, 0.3) is 0 Å². The van der Waals surface area contributed by atoms with E-state index < -0.39 is 5.72 Å². The van der Waals surface area contributed by atoms with E-state index in [1.165, 1.54) is 0 Å². The SMILES string of the molecule is NC1=CCC(O)(Nc2cccc3c2C(=O)c2ccccc2C3=O)C=C1. The lowest BCUT2D eigenvalue weighted by Gasteiger charge is -2.30. The Morgan fingerprint density at radius 3 is 2.32 bits per heavy atom. The zero-order valence-electron chi connectivity index (χ0n) is 13.3. The molecule has 0 aromatic heterocycles. The Bertz CT molecular complexity index is 975. The number of nitrogens with two attached hydrogens (primary N) is 1. The van der Waals surface area contributed by atoms with E-state index in [9.17, 15) is 14.7 Å². The molecule has 0 saturated heterocycles. The Labute approximate surface area is 144 Å². The third-order valence-corrected chi connectivity index (χ3v) is 4.50. The summed E-state index contributed by atoms with van der Waals surface area (Å²) < 4.78 is 0. The van der Waals surface area contributed by atoms with Gasteiger partial charge in [0.1, 0.15) is 0 Å². The molecule has 5 heteroatoms. The van der Waals surface area contributed by atoms with Crippen LogP contribution in [0.5, 0.6) is 0 Å². The molecule has 0 radical (unpaired) electrons. The Balaban J connectivity index is 1.79. The number of ketones is 2. The largest absolute Gasteiger partial charge is 0.399 e. The van der Waals surface area contributed by atoms with Gasteiger partial charge in [0, 0.05) is 34.5 Å². The summed E-state index contributed by atoms with van der Waals surface area (Å²) in [5.74, 6) is -0.420. The molecule has 0 saturated carbocycles. The fourth-order valence-corrected chi connectivity index (χ4v) is 3.22. The standard InChI is InChI=1S/C20H16N2O3/c21-12-8-10-20(25,11-9-12)22-16-7-3-6-15-17(16)19(24)14-5-2-1-4-13(14)18(15)23/h1-10,22,25H,11,21H2. The fourth-order valence-electron chi connectivity index (χ4n) is 3.22. The number of rotatable bonds is 2. The second-order valence-corrected chi connectivity index (χ2v) is 6.22. The van der Waals surface area contributed by atoms with Crippen molar-refractivity contribution in [3.05, 3.63) is 88.6 Å². The first-order valence-electron chi connectivity index (χ1n) is 7.95. The molecular formula is C20H16N2O3. The van der Waals surface area contributed by atoms with Gasteiger partial charge in [-0.2, -0.15) is 0 Å². The molecule has 2 aromatic carbocycles. The number of hydrogen-bond acceptors (Lipinski definition) is 5. The van der Waals surface area contributed by atoms with Crippen LogP contribution in [-0.4, -0.2) is 22.4 Å². The molecule has 2 aliphatic rings. The number of carbonyl (C=O) groups is 2. The van der Waals surface area contributed by atoms with Crippen LogP contribution >= 0.6 is 0 Å². The molecule has 0 heterocycles. The van der Waals surface area contributed by atoms with Gasteiger partial charge in [-0.25, -0.2) is 0 Å². The maximum Gasteiger partial charge on any atom is 0.196 e. The minimum absolute atomic E-state index is 0.191. The molecule has 2 aromatic rings. The zero-order valence-corrected chi connectivity index (χ0v) is 13.3. The van der Waals surface area contributed by atoms with Crippen molar-refractivity contribution in [3.8, 4) is 0 Å². The van der Waals surface area contributed by atoms with E-state index in [2.05, 4.69) is 5.32 Å². The highest BCUT2D eigenvalue weighted by Crippen LogP contribution is 2.34. The number of nitrogens with one attached hydrogen (secondary N) is 1. The monoisotopic (exact) mass is 332 g/mol. The van der Waals surface area contributed by atoms with Crippen molar-refractivity contribution in [2.24, 2.45) is 5.73 Å². The van der Waals surface area contributed by atoms with Gasteiger partial charge in [-0.1, -0.05) is 42.5 Å².